The van der Waals surface area contributed by atoms with E-state index in [9.17, 15) is 5.02 Å². The van der Waals surface area contributed by atoms with E-state index in [1.807, 2.05) is 25.0 Å². The Labute approximate surface area is 97.4 Å². The SMILES string of the molecule is CB(O)N1CCC(N)C(c2ccccc2)C1. The van der Waals surface area contributed by atoms with Gasteiger partial charge in [-0.3, -0.25) is 0 Å². The van der Waals surface area contributed by atoms with Gasteiger partial charge in [0.2, 0.25) is 0 Å². The molecule has 2 rings (SSSR count). The Kier molecular flexibility index (Phi) is 3.64. The van der Waals surface area contributed by atoms with Crippen LogP contribution in [0.4, 0.5) is 0 Å². The molecule has 0 radical (unpaired) electrons. The smallest absolute Gasteiger partial charge is 0.376 e. The highest BCUT2D eigenvalue weighted by Gasteiger charge is 2.30. The Balaban J connectivity index is 2.13. The van der Waals surface area contributed by atoms with Crippen molar-refractivity contribution in [3.05, 3.63) is 35.9 Å². The van der Waals surface area contributed by atoms with Crippen LogP contribution in [0.5, 0.6) is 0 Å². The molecule has 0 aromatic heterocycles. The summed E-state index contributed by atoms with van der Waals surface area (Å²) in [6.07, 6.45) is 0.949. The lowest BCUT2D eigenvalue weighted by atomic mass is 9.77. The number of hydrogen-bond acceptors (Lipinski definition) is 3. The second-order valence-electron chi connectivity index (χ2n) is 4.60. The summed E-state index contributed by atoms with van der Waals surface area (Å²) in [5, 5.41) is 9.61. The van der Waals surface area contributed by atoms with Crippen LogP contribution in [0, 0.1) is 0 Å². The van der Waals surface area contributed by atoms with Crippen LogP contribution in [0.15, 0.2) is 30.3 Å². The number of nitrogens with zero attached hydrogens (tertiary/aromatic N) is 1. The van der Waals surface area contributed by atoms with Crippen LogP contribution in [-0.4, -0.2) is 36.0 Å². The molecule has 1 saturated heterocycles. The molecular formula is C12H19BN2O. The summed E-state index contributed by atoms with van der Waals surface area (Å²) in [7, 11) is -0.376. The minimum atomic E-state index is -0.376. The van der Waals surface area contributed by atoms with E-state index in [4.69, 9.17) is 5.73 Å². The number of nitrogens with two attached hydrogens (primary N) is 1. The largest absolute Gasteiger partial charge is 0.437 e. The van der Waals surface area contributed by atoms with E-state index in [1.54, 1.807) is 0 Å². The molecule has 86 valence electrons. The van der Waals surface area contributed by atoms with Gasteiger partial charge in [0.1, 0.15) is 0 Å². The topological polar surface area (TPSA) is 49.5 Å². The molecule has 1 fully saturated rings. The number of piperidine rings is 1. The van der Waals surface area contributed by atoms with Crippen molar-refractivity contribution >= 4 is 7.05 Å². The predicted molar refractivity (Wildman–Crippen MR) is 67.2 cm³/mol. The molecule has 1 aromatic carbocycles. The lowest BCUT2D eigenvalue weighted by molar-refractivity contribution is 0.261. The first-order valence-corrected chi connectivity index (χ1v) is 5.91. The van der Waals surface area contributed by atoms with Crippen molar-refractivity contribution in [2.45, 2.75) is 25.2 Å². The average molecular weight is 218 g/mol. The first-order valence-electron chi connectivity index (χ1n) is 5.91. The van der Waals surface area contributed by atoms with Crippen molar-refractivity contribution in [2.24, 2.45) is 5.73 Å². The quantitative estimate of drug-likeness (QED) is 0.725. The molecule has 0 spiro atoms. The third-order valence-corrected chi connectivity index (χ3v) is 3.45. The molecule has 2 unspecified atom stereocenters. The standard InChI is InChI=1S/C12H19BN2O/c1-13(16)15-8-7-12(14)11(9-15)10-5-3-2-4-6-10/h2-6,11-12,16H,7-9,14H2,1H3. The normalized spacial score (nSPS) is 26.7. The van der Waals surface area contributed by atoms with Gasteiger partial charge in [-0.05, 0) is 31.9 Å². The van der Waals surface area contributed by atoms with E-state index in [0.717, 1.165) is 19.5 Å². The first kappa shape index (κ1) is 11.6. The fraction of sp³-hybridized carbons (Fsp3) is 0.500. The Morgan fingerprint density at radius 1 is 1.38 bits per heavy atom. The molecule has 0 aliphatic carbocycles. The zero-order valence-corrected chi connectivity index (χ0v) is 9.71. The average Bonchev–Trinajstić information content (AvgIpc) is 2.30. The van der Waals surface area contributed by atoms with Crippen LogP contribution in [0.2, 0.25) is 6.82 Å². The Morgan fingerprint density at radius 2 is 2.06 bits per heavy atom. The fourth-order valence-corrected chi connectivity index (χ4v) is 2.39. The van der Waals surface area contributed by atoms with Gasteiger partial charge in [0.15, 0.2) is 0 Å². The summed E-state index contributed by atoms with van der Waals surface area (Å²) in [5.41, 5.74) is 7.44. The highest BCUT2D eigenvalue weighted by atomic mass is 16.2. The van der Waals surface area contributed by atoms with Crippen LogP contribution in [0.25, 0.3) is 0 Å². The summed E-state index contributed by atoms with van der Waals surface area (Å²) >= 11 is 0. The van der Waals surface area contributed by atoms with Crippen LogP contribution >= 0.6 is 0 Å². The molecule has 4 heteroatoms. The number of rotatable bonds is 2. The summed E-state index contributed by atoms with van der Waals surface area (Å²) in [6.45, 7) is 3.56. The molecule has 0 saturated carbocycles. The van der Waals surface area contributed by atoms with Crippen LogP contribution < -0.4 is 5.73 Å². The lowest BCUT2D eigenvalue weighted by Crippen LogP contribution is -2.50. The Morgan fingerprint density at radius 3 is 2.69 bits per heavy atom. The minimum Gasteiger partial charge on any atom is -0.437 e. The molecule has 1 aromatic rings. The summed E-state index contributed by atoms with van der Waals surface area (Å²) in [5.74, 6) is 0.338. The highest BCUT2D eigenvalue weighted by Crippen LogP contribution is 2.26. The third-order valence-electron chi connectivity index (χ3n) is 3.45. The van der Waals surface area contributed by atoms with E-state index in [1.165, 1.54) is 5.56 Å². The molecule has 1 aliphatic heterocycles. The minimum absolute atomic E-state index is 0.206. The second-order valence-corrected chi connectivity index (χ2v) is 4.60. The van der Waals surface area contributed by atoms with Gasteiger partial charge in [-0.1, -0.05) is 30.3 Å². The number of benzene rings is 1. The van der Waals surface area contributed by atoms with Gasteiger partial charge in [-0.25, -0.2) is 0 Å². The van der Waals surface area contributed by atoms with Gasteiger partial charge in [-0.15, -0.1) is 0 Å². The molecule has 16 heavy (non-hydrogen) atoms. The predicted octanol–water partition coefficient (Wildman–Crippen LogP) is 0.913. The van der Waals surface area contributed by atoms with Crippen molar-refractivity contribution < 1.29 is 5.02 Å². The molecule has 2 atom stereocenters. The van der Waals surface area contributed by atoms with Crippen LogP contribution in [0.3, 0.4) is 0 Å². The monoisotopic (exact) mass is 218 g/mol. The maximum atomic E-state index is 9.61. The molecule has 3 nitrogen and oxygen atoms in total. The van der Waals surface area contributed by atoms with Crippen molar-refractivity contribution in [1.82, 2.24) is 4.81 Å². The van der Waals surface area contributed by atoms with Gasteiger partial charge in [-0.2, -0.15) is 0 Å². The lowest BCUT2D eigenvalue weighted by Gasteiger charge is -2.37. The second kappa shape index (κ2) is 5.00. The summed E-state index contributed by atoms with van der Waals surface area (Å²) < 4.78 is 0. The molecule has 0 bridgehead atoms. The van der Waals surface area contributed by atoms with E-state index in [-0.39, 0.29) is 13.1 Å². The molecule has 1 aliphatic rings. The highest BCUT2D eigenvalue weighted by molar-refractivity contribution is 6.45. The van der Waals surface area contributed by atoms with E-state index < -0.39 is 0 Å². The van der Waals surface area contributed by atoms with Crippen molar-refractivity contribution in [2.75, 3.05) is 13.1 Å². The van der Waals surface area contributed by atoms with E-state index >= 15 is 0 Å². The van der Waals surface area contributed by atoms with Gasteiger partial charge in [0, 0.05) is 12.0 Å². The first-order chi connectivity index (χ1) is 7.68. The third kappa shape index (κ3) is 2.46. The van der Waals surface area contributed by atoms with Gasteiger partial charge < -0.3 is 15.6 Å². The van der Waals surface area contributed by atoms with Crippen LogP contribution in [-0.2, 0) is 0 Å². The molecule has 3 N–H and O–H groups in total. The van der Waals surface area contributed by atoms with Crippen molar-refractivity contribution in [3.63, 3.8) is 0 Å². The molecule has 0 amide bonds. The zero-order valence-electron chi connectivity index (χ0n) is 9.71. The van der Waals surface area contributed by atoms with Crippen molar-refractivity contribution in [3.8, 4) is 0 Å². The fourth-order valence-electron chi connectivity index (χ4n) is 2.39. The summed E-state index contributed by atoms with van der Waals surface area (Å²) in [4.78, 5) is 2.08. The van der Waals surface area contributed by atoms with E-state index in [0.29, 0.717) is 5.92 Å². The molecular weight excluding hydrogens is 199 g/mol. The Bertz CT molecular complexity index is 331. The molecule has 1 heterocycles. The Hall–Kier alpha value is -0.835. The number of hydrogen-bond donors (Lipinski definition) is 2. The summed E-state index contributed by atoms with van der Waals surface area (Å²) in [6, 6.07) is 10.6. The maximum absolute atomic E-state index is 9.61. The van der Waals surface area contributed by atoms with Crippen molar-refractivity contribution in [1.29, 1.82) is 0 Å². The van der Waals surface area contributed by atoms with Gasteiger partial charge in [0.25, 0.3) is 0 Å². The van der Waals surface area contributed by atoms with Gasteiger partial charge >= 0.3 is 7.05 Å². The van der Waals surface area contributed by atoms with Gasteiger partial charge in [0.05, 0.1) is 0 Å². The maximum Gasteiger partial charge on any atom is 0.376 e. The zero-order chi connectivity index (χ0) is 11.5. The van der Waals surface area contributed by atoms with E-state index in [2.05, 4.69) is 16.9 Å². The van der Waals surface area contributed by atoms with Crippen LogP contribution in [0.1, 0.15) is 17.9 Å².